The van der Waals surface area contributed by atoms with Gasteiger partial charge in [0.05, 0.1) is 13.2 Å². The van der Waals surface area contributed by atoms with Gasteiger partial charge in [0, 0.05) is 14.1 Å². The molecule has 0 radical (unpaired) electrons. The molecule has 0 atom stereocenters. The predicted molar refractivity (Wildman–Crippen MR) is 54.4 cm³/mol. The lowest BCUT2D eigenvalue weighted by molar-refractivity contribution is 0.0986. The molecule has 0 spiro atoms. The minimum Gasteiger partial charge on any atom is -0.448 e. The average Bonchev–Trinajstić information content (AvgIpc) is 2.25. The lowest BCUT2D eigenvalue weighted by Crippen LogP contribution is -2.25. The Labute approximate surface area is 93.8 Å². The molecule has 0 N–H and O–H groups in total. The van der Waals surface area contributed by atoms with Gasteiger partial charge in [0.25, 0.3) is 0 Å². The molecule has 0 heterocycles. The van der Waals surface area contributed by atoms with E-state index in [9.17, 15) is 9.59 Å². The number of amides is 2. The number of carbonyl (C=O) groups is 2. The molecule has 0 saturated carbocycles. The summed E-state index contributed by atoms with van der Waals surface area (Å²) >= 11 is 0. The largest absolute Gasteiger partial charge is 0.448 e. The molecule has 0 aliphatic carbocycles. The molecular formula is C8H16N4O4. The van der Waals surface area contributed by atoms with E-state index >= 15 is 0 Å². The molecule has 0 aromatic heterocycles. The summed E-state index contributed by atoms with van der Waals surface area (Å²) < 4.78 is 9.28. The molecule has 0 bridgehead atoms. The van der Waals surface area contributed by atoms with Gasteiger partial charge in [-0.25, -0.2) is 9.59 Å². The second-order valence-corrected chi connectivity index (χ2v) is 2.62. The van der Waals surface area contributed by atoms with E-state index in [0.717, 1.165) is 10.0 Å². The molecule has 0 unspecified atom stereocenters. The molecule has 2 amide bonds. The van der Waals surface area contributed by atoms with Crippen LogP contribution >= 0.6 is 0 Å². The van der Waals surface area contributed by atoms with Gasteiger partial charge in [0.15, 0.2) is 0 Å². The summed E-state index contributed by atoms with van der Waals surface area (Å²) in [6.07, 6.45) is -1.30. The van der Waals surface area contributed by atoms with Gasteiger partial charge in [0.1, 0.15) is 0 Å². The molecule has 0 aliphatic heterocycles. The predicted octanol–water partition coefficient (Wildman–Crippen LogP) is 1.45. The maximum Gasteiger partial charge on any atom is 0.431 e. The minimum absolute atomic E-state index is 0.242. The van der Waals surface area contributed by atoms with Crippen molar-refractivity contribution in [2.75, 3.05) is 27.3 Å². The normalized spacial score (nSPS) is 10.0. The van der Waals surface area contributed by atoms with Gasteiger partial charge in [-0.15, -0.1) is 0 Å². The van der Waals surface area contributed by atoms with Crippen molar-refractivity contribution in [3.8, 4) is 0 Å². The van der Waals surface area contributed by atoms with E-state index in [4.69, 9.17) is 0 Å². The summed E-state index contributed by atoms with van der Waals surface area (Å²) in [5.74, 6) is 0. The summed E-state index contributed by atoms with van der Waals surface area (Å²) in [6.45, 7) is 3.83. The second kappa shape index (κ2) is 7.43. The number of hydrogen-bond donors (Lipinski definition) is 0. The standard InChI is InChI=1S/C8H16N4O4/c1-5-15-7(13)11(3)9-10-12(4)8(14)16-6-2/h5-6H2,1-4H3/b10-9+. The van der Waals surface area contributed by atoms with Crippen molar-refractivity contribution >= 4 is 12.2 Å². The SMILES string of the molecule is CCOC(=O)N(C)/N=N/N(C)C(=O)OCC. The third-order valence-electron chi connectivity index (χ3n) is 1.37. The minimum atomic E-state index is -0.650. The Balaban J connectivity index is 4.15. The van der Waals surface area contributed by atoms with Crippen LogP contribution in [0.2, 0.25) is 0 Å². The van der Waals surface area contributed by atoms with E-state index < -0.39 is 12.2 Å². The van der Waals surface area contributed by atoms with E-state index in [1.165, 1.54) is 14.1 Å². The maximum absolute atomic E-state index is 11.1. The Hall–Kier alpha value is -1.86. The topological polar surface area (TPSA) is 83.8 Å². The van der Waals surface area contributed by atoms with Crippen molar-refractivity contribution in [3.05, 3.63) is 0 Å². The molecule has 92 valence electrons. The van der Waals surface area contributed by atoms with Crippen LogP contribution < -0.4 is 0 Å². The van der Waals surface area contributed by atoms with Crippen LogP contribution in [0.4, 0.5) is 9.59 Å². The van der Waals surface area contributed by atoms with Crippen molar-refractivity contribution in [2.45, 2.75) is 13.8 Å². The van der Waals surface area contributed by atoms with Crippen LogP contribution in [0.15, 0.2) is 10.4 Å². The molecule has 16 heavy (non-hydrogen) atoms. The molecule has 0 fully saturated rings. The Kier molecular flexibility index (Phi) is 6.57. The van der Waals surface area contributed by atoms with Gasteiger partial charge in [-0.2, -0.15) is 10.0 Å². The number of rotatable bonds is 4. The van der Waals surface area contributed by atoms with Gasteiger partial charge in [0.2, 0.25) is 0 Å². The van der Waals surface area contributed by atoms with Crippen LogP contribution in [-0.2, 0) is 9.47 Å². The zero-order valence-corrected chi connectivity index (χ0v) is 9.84. The first kappa shape index (κ1) is 14.1. The average molecular weight is 232 g/mol. The van der Waals surface area contributed by atoms with E-state index in [1.54, 1.807) is 13.8 Å². The van der Waals surface area contributed by atoms with Crippen LogP contribution in [0.5, 0.6) is 0 Å². The molecule has 8 nitrogen and oxygen atoms in total. The summed E-state index contributed by atoms with van der Waals surface area (Å²) in [5, 5.41) is 8.66. The van der Waals surface area contributed by atoms with Gasteiger partial charge in [-0.1, -0.05) is 0 Å². The van der Waals surface area contributed by atoms with Crippen LogP contribution in [0.1, 0.15) is 13.8 Å². The Morgan fingerprint density at radius 1 is 0.938 bits per heavy atom. The van der Waals surface area contributed by atoms with Gasteiger partial charge >= 0.3 is 12.2 Å². The Bertz CT molecular complexity index is 243. The Morgan fingerprint density at radius 2 is 1.25 bits per heavy atom. The van der Waals surface area contributed by atoms with E-state index in [-0.39, 0.29) is 13.2 Å². The molecule has 0 aromatic rings. The third-order valence-corrected chi connectivity index (χ3v) is 1.37. The van der Waals surface area contributed by atoms with Crippen molar-refractivity contribution in [1.82, 2.24) is 10.0 Å². The molecular weight excluding hydrogens is 216 g/mol. The number of ether oxygens (including phenoxy) is 2. The highest BCUT2D eigenvalue weighted by Crippen LogP contribution is 1.96. The van der Waals surface area contributed by atoms with Crippen molar-refractivity contribution < 1.29 is 19.1 Å². The lowest BCUT2D eigenvalue weighted by Gasteiger charge is -2.11. The lowest BCUT2D eigenvalue weighted by atomic mass is 10.8. The summed E-state index contributed by atoms with van der Waals surface area (Å²) in [4.78, 5) is 22.1. The van der Waals surface area contributed by atoms with E-state index in [0.29, 0.717) is 0 Å². The maximum atomic E-state index is 11.1. The number of hydrogen-bond acceptors (Lipinski definition) is 6. The van der Waals surface area contributed by atoms with Crippen molar-refractivity contribution in [1.29, 1.82) is 0 Å². The summed E-state index contributed by atoms with van der Waals surface area (Å²) in [7, 11) is 2.72. The number of carbonyl (C=O) groups excluding carboxylic acids is 2. The fraction of sp³-hybridized carbons (Fsp3) is 0.750. The fourth-order valence-electron chi connectivity index (χ4n) is 0.627. The second-order valence-electron chi connectivity index (χ2n) is 2.62. The smallest absolute Gasteiger partial charge is 0.431 e. The molecule has 0 aliphatic rings. The van der Waals surface area contributed by atoms with Gasteiger partial charge in [-0.05, 0) is 24.3 Å². The van der Waals surface area contributed by atoms with Crippen LogP contribution in [-0.4, -0.2) is 49.5 Å². The fourth-order valence-corrected chi connectivity index (χ4v) is 0.627. The highest BCUT2D eigenvalue weighted by molar-refractivity contribution is 5.67. The van der Waals surface area contributed by atoms with Gasteiger partial charge in [-0.3, -0.25) is 0 Å². The first-order valence-electron chi connectivity index (χ1n) is 4.75. The molecule has 0 rings (SSSR count). The van der Waals surface area contributed by atoms with Crippen molar-refractivity contribution in [3.63, 3.8) is 0 Å². The third kappa shape index (κ3) is 5.13. The zero-order valence-electron chi connectivity index (χ0n) is 9.84. The van der Waals surface area contributed by atoms with E-state index in [1.807, 2.05) is 0 Å². The van der Waals surface area contributed by atoms with E-state index in [2.05, 4.69) is 19.9 Å². The summed E-state index contributed by atoms with van der Waals surface area (Å²) in [5.41, 5.74) is 0. The Morgan fingerprint density at radius 3 is 1.50 bits per heavy atom. The highest BCUT2D eigenvalue weighted by atomic mass is 16.6. The quantitative estimate of drug-likeness (QED) is 0.542. The molecule has 8 heteroatoms. The van der Waals surface area contributed by atoms with Gasteiger partial charge < -0.3 is 9.47 Å². The first-order chi connectivity index (χ1) is 7.52. The zero-order chi connectivity index (χ0) is 12.6. The summed E-state index contributed by atoms with van der Waals surface area (Å²) in [6, 6.07) is 0. The van der Waals surface area contributed by atoms with Crippen molar-refractivity contribution in [2.24, 2.45) is 10.4 Å². The number of nitrogens with zero attached hydrogens (tertiary/aromatic N) is 4. The first-order valence-corrected chi connectivity index (χ1v) is 4.75. The monoisotopic (exact) mass is 232 g/mol. The van der Waals surface area contributed by atoms with Crippen LogP contribution in [0, 0.1) is 0 Å². The van der Waals surface area contributed by atoms with Crippen LogP contribution in [0.25, 0.3) is 0 Å². The molecule has 0 aromatic carbocycles. The van der Waals surface area contributed by atoms with Crippen LogP contribution in [0.3, 0.4) is 0 Å². The molecule has 0 saturated heterocycles. The highest BCUT2D eigenvalue weighted by Gasteiger charge is 2.10.